The van der Waals surface area contributed by atoms with E-state index in [9.17, 15) is 14.4 Å². The van der Waals surface area contributed by atoms with Gasteiger partial charge in [-0.05, 0) is 134 Å². The SMILES string of the molecule is CC(C)c1ccc(NC(=O)CSc2nnc(-c3ccncc3)n2C2CC2)cc1.CCn1c(SCC(=O)Nc2ccc(C(C)C)cc2)nnc1-c1cccnc1.CCn1c(SCC(=O)Nc2ccc(C(C)C)cc2)nnc1-c1ccncc1. The Bertz CT molecular complexity index is 3310. The maximum absolute atomic E-state index is 12.4. The van der Waals surface area contributed by atoms with Crippen molar-refractivity contribution >= 4 is 70.1 Å². The van der Waals surface area contributed by atoms with Crippen molar-refractivity contribution in [1.82, 2.24) is 59.2 Å². The number of rotatable bonds is 21. The van der Waals surface area contributed by atoms with Gasteiger partial charge >= 0.3 is 0 Å². The van der Waals surface area contributed by atoms with E-state index in [1.807, 2.05) is 120 Å². The van der Waals surface area contributed by atoms with Crippen molar-refractivity contribution in [3.8, 4) is 34.2 Å². The zero-order valence-electron chi connectivity index (χ0n) is 47.4. The monoisotopic (exact) mass is 1160 g/mol. The molecule has 6 aromatic heterocycles. The molecular formula is C61H69N15O3S3. The number of pyridine rings is 3. The van der Waals surface area contributed by atoms with Gasteiger partial charge in [0, 0.05) is 90.1 Å². The molecule has 0 aliphatic heterocycles. The zero-order valence-corrected chi connectivity index (χ0v) is 49.9. The summed E-state index contributed by atoms with van der Waals surface area (Å²) in [6.45, 7) is 18.4. The number of benzene rings is 3. The molecule has 0 bridgehead atoms. The van der Waals surface area contributed by atoms with E-state index in [0.717, 1.165) is 92.6 Å². The molecule has 3 aromatic carbocycles. The first kappa shape index (κ1) is 60.1. The fourth-order valence-corrected chi connectivity index (χ4v) is 10.8. The van der Waals surface area contributed by atoms with Crippen LogP contribution in [0, 0.1) is 0 Å². The number of aromatic nitrogens is 12. The van der Waals surface area contributed by atoms with E-state index in [0.29, 0.717) is 29.5 Å². The van der Waals surface area contributed by atoms with Gasteiger partial charge in [0.25, 0.3) is 0 Å². The highest BCUT2D eigenvalue weighted by Gasteiger charge is 2.30. The van der Waals surface area contributed by atoms with Crippen LogP contribution in [0.5, 0.6) is 0 Å². The van der Waals surface area contributed by atoms with Crippen molar-refractivity contribution < 1.29 is 14.4 Å². The minimum absolute atomic E-state index is 0.0434. The van der Waals surface area contributed by atoms with Gasteiger partial charge in [-0.25, -0.2) is 0 Å². The first-order valence-corrected chi connectivity index (χ1v) is 30.3. The highest BCUT2D eigenvalue weighted by molar-refractivity contribution is 8.00. The second-order valence-corrected chi connectivity index (χ2v) is 22.9. The maximum Gasteiger partial charge on any atom is 0.234 e. The quantitative estimate of drug-likeness (QED) is 0.0570. The second-order valence-electron chi connectivity index (χ2n) is 20.1. The lowest BCUT2D eigenvalue weighted by molar-refractivity contribution is -0.114. The fourth-order valence-electron chi connectivity index (χ4n) is 8.35. The van der Waals surface area contributed by atoms with Crippen LogP contribution in [0.4, 0.5) is 17.1 Å². The Balaban J connectivity index is 0.000000161. The lowest BCUT2D eigenvalue weighted by atomic mass is 10.0. The third kappa shape index (κ3) is 16.8. The molecule has 424 valence electrons. The first-order chi connectivity index (χ1) is 39.8. The number of hydrogen-bond acceptors (Lipinski definition) is 15. The molecule has 0 spiro atoms. The van der Waals surface area contributed by atoms with Crippen LogP contribution in [0.25, 0.3) is 34.2 Å². The normalized spacial score (nSPS) is 11.9. The van der Waals surface area contributed by atoms with Crippen molar-refractivity contribution in [2.24, 2.45) is 0 Å². The van der Waals surface area contributed by atoms with E-state index >= 15 is 0 Å². The van der Waals surface area contributed by atoms with Gasteiger partial charge in [0.15, 0.2) is 32.9 Å². The molecule has 1 aliphatic carbocycles. The Morgan fingerprint density at radius 1 is 0.451 bits per heavy atom. The number of nitrogens with one attached hydrogen (secondary N) is 3. The molecule has 3 amide bonds. The van der Waals surface area contributed by atoms with Crippen molar-refractivity contribution in [2.45, 2.75) is 121 Å². The molecule has 1 aliphatic rings. The summed E-state index contributed by atoms with van der Waals surface area (Å²) < 4.78 is 6.15. The fraction of sp³-hybridized carbons (Fsp3) is 0.311. The number of nitrogens with zero attached hydrogens (tertiary/aromatic N) is 12. The Kier molecular flexibility index (Phi) is 21.7. The molecule has 0 radical (unpaired) electrons. The van der Waals surface area contributed by atoms with Crippen molar-refractivity contribution in [3.63, 3.8) is 0 Å². The van der Waals surface area contributed by atoms with Crippen LogP contribution in [-0.4, -0.2) is 94.2 Å². The van der Waals surface area contributed by atoms with E-state index in [4.69, 9.17) is 0 Å². The van der Waals surface area contributed by atoms with Gasteiger partial charge in [-0.3, -0.25) is 33.9 Å². The van der Waals surface area contributed by atoms with Crippen LogP contribution in [0.2, 0.25) is 0 Å². The third-order valence-corrected chi connectivity index (χ3v) is 15.9. The molecule has 1 saturated carbocycles. The summed E-state index contributed by atoms with van der Waals surface area (Å²) in [5.41, 5.74) is 9.05. The first-order valence-electron chi connectivity index (χ1n) is 27.4. The average molecular weight is 1160 g/mol. The Morgan fingerprint density at radius 3 is 1.18 bits per heavy atom. The van der Waals surface area contributed by atoms with E-state index in [-0.39, 0.29) is 29.2 Å². The molecule has 1 fully saturated rings. The number of amides is 3. The van der Waals surface area contributed by atoms with Crippen LogP contribution in [0.15, 0.2) is 162 Å². The van der Waals surface area contributed by atoms with Gasteiger partial charge in [0.1, 0.15) is 0 Å². The van der Waals surface area contributed by atoms with Gasteiger partial charge in [-0.1, -0.05) is 113 Å². The molecular weight excluding hydrogens is 1090 g/mol. The van der Waals surface area contributed by atoms with Gasteiger partial charge in [-0.15, -0.1) is 30.6 Å². The van der Waals surface area contributed by atoms with Crippen LogP contribution < -0.4 is 16.0 Å². The maximum atomic E-state index is 12.4. The van der Waals surface area contributed by atoms with Gasteiger partial charge < -0.3 is 25.1 Å². The zero-order chi connectivity index (χ0) is 58.0. The number of thioether (sulfide) groups is 3. The summed E-state index contributed by atoms with van der Waals surface area (Å²) >= 11 is 4.19. The van der Waals surface area contributed by atoms with Crippen LogP contribution in [0.3, 0.4) is 0 Å². The van der Waals surface area contributed by atoms with Gasteiger partial charge in [0.05, 0.1) is 17.3 Å². The van der Waals surface area contributed by atoms with Crippen LogP contribution >= 0.6 is 35.3 Å². The molecule has 0 saturated heterocycles. The van der Waals surface area contributed by atoms with Gasteiger partial charge in [0.2, 0.25) is 17.7 Å². The number of hydrogen-bond donors (Lipinski definition) is 3. The van der Waals surface area contributed by atoms with Crippen LogP contribution in [0.1, 0.15) is 109 Å². The van der Waals surface area contributed by atoms with Crippen molar-refractivity contribution in [2.75, 3.05) is 33.2 Å². The van der Waals surface area contributed by atoms with E-state index in [1.54, 1.807) is 37.2 Å². The standard InChI is InChI=1S/C21H23N5OS.2C20H23N5OS/c1-14(2)15-3-5-17(6-4-15)23-19(27)13-28-21-25-24-20(26(21)18-7-8-18)16-9-11-22-12-10-16;1-4-25-19(16-9-11-21-12-10-16)23-24-20(25)27-13-18(26)22-17-7-5-15(6-8-17)14(2)3;1-4-25-19(16-6-5-11-21-12-16)23-24-20(25)27-13-18(26)22-17-9-7-15(8-10-17)14(2)3/h3-6,9-12,14,18H,7-8,13H2,1-2H3,(H,23,27);2*5-12,14H,4,13H2,1-3H3,(H,22,26). The van der Waals surface area contributed by atoms with E-state index in [1.165, 1.54) is 52.0 Å². The largest absolute Gasteiger partial charge is 0.325 e. The van der Waals surface area contributed by atoms with E-state index < -0.39 is 0 Å². The smallest absolute Gasteiger partial charge is 0.234 e. The molecule has 6 heterocycles. The number of carbonyl (C=O) groups is 3. The Labute approximate surface area is 492 Å². The Hall–Kier alpha value is -8.01. The van der Waals surface area contributed by atoms with Gasteiger partial charge in [-0.2, -0.15) is 0 Å². The minimum atomic E-state index is -0.0640. The number of anilines is 3. The predicted molar refractivity (Wildman–Crippen MR) is 329 cm³/mol. The van der Waals surface area contributed by atoms with Crippen LogP contribution in [-0.2, 0) is 27.5 Å². The molecule has 21 heteroatoms. The molecule has 82 heavy (non-hydrogen) atoms. The lowest BCUT2D eigenvalue weighted by Gasteiger charge is -2.10. The average Bonchev–Trinajstić information content (AvgIpc) is 4.11. The molecule has 9 aromatic rings. The molecule has 18 nitrogen and oxygen atoms in total. The molecule has 0 unspecified atom stereocenters. The highest BCUT2D eigenvalue weighted by Crippen LogP contribution is 2.41. The third-order valence-electron chi connectivity index (χ3n) is 13.0. The molecule has 0 atom stereocenters. The van der Waals surface area contributed by atoms with Crippen molar-refractivity contribution in [3.05, 3.63) is 163 Å². The summed E-state index contributed by atoms with van der Waals surface area (Å²) in [4.78, 5) is 49.2. The molecule has 3 N–H and O–H groups in total. The molecule has 10 rings (SSSR count). The van der Waals surface area contributed by atoms with E-state index in [2.05, 4.69) is 120 Å². The highest BCUT2D eigenvalue weighted by atomic mass is 32.2. The minimum Gasteiger partial charge on any atom is -0.325 e. The predicted octanol–water partition coefficient (Wildman–Crippen LogP) is 13.0. The summed E-state index contributed by atoms with van der Waals surface area (Å²) in [5.74, 6) is 4.49. The summed E-state index contributed by atoms with van der Waals surface area (Å²) in [7, 11) is 0. The summed E-state index contributed by atoms with van der Waals surface area (Å²) in [6.07, 6.45) is 12.7. The topological polar surface area (TPSA) is 218 Å². The second kappa shape index (κ2) is 29.6. The number of carbonyl (C=O) groups excluding carboxylic acids is 3. The summed E-state index contributed by atoms with van der Waals surface area (Å²) in [6, 6.07) is 35.8. The summed E-state index contributed by atoms with van der Waals surface area (Å²) in [5, 5.41) is 36.8. The lowest BCUT2D eigenvalue weighted by Crippen LogP contribution is -2.14. The Morgan fingerprint density at radius 2 is 0.817 bits per heavy atom. The van der Waals surface area contributed by atoms with Crippen molar-refractivity contribution in [1.29, 1.82) is 0 Å².